The smallest absolute Gasteiger partial charge is 0.0925 e. The van der Waals surface area contributed by atoms with Crippen LogP contribution >= 0.6 is 0 Å². The number of H-pyrrole nitrogens is 1. The highest BCUT2D eigenvalue weighted by molar-refractivity contribution is 5.11. The summed E-state index contributed by atoms with van der Waals surface area (Å²) in [4.78, 5) is 7.42. The zero-order chi connectivity index (χ0) is 8.97. The van der Waals surface area contributed by atoms with Crippen molar-refractivity contribution in [2.45, 2.75) is 26.8 Å². The van der Waals surface area contributed by atoms with E-state index in [1.165, 1.54) is 11.4 Å². The van der Waals surface area contributed by atoms with Crippen LogP contribution in [0.5, 0.6) is 0 Å². The summed E-state index contributed by atoms with van der Waals surface area (Å²) in [5, 5.41) is 3.11. The maximum Gasteiger partial charge on any atom is 0.0925 e. The number of aromatic nitrogens is 2. The predicted octanol–water partition coefficient (Wildman–Crippen LogP) is 1.33. The standard InChI is InChI=1S/C9H17N3/c1-7(2)4-8-9(5-10-3)12-6-11-8/h6-7,10H,4-5H2,1-3H3,(H,11,12). The van der Waals surface area contributed by atoms with Gasteiger partial charge in [0.05, 0.1) is 17.7 Å². The van der Waals surface area contributed by atoms with Gasteiger partial charge in [-0.05, 0) is 19.4 Å². The second kappa shape index (κ2) is 4.26. The molecule has 3 nitrogen and oxygen atoms in total. The van der Waals surface area contributed by atoms with E-state index in [-0.39, 0.29) is 0 Å². The van der Waals surface area contributed by atoms with E-state index in [4.69, 9.17) is 0 Å². The van der Waals surface area contributed by atoms with Gasteiger partial charge in [0.15, 0.2) is 0 Å². The fourth-order valence-electron chi connectivity index (χ4n) is 1.24. The third-order valence-corrected chi connectivity index (χ3v) is 1.76. The summed E-state index contributed by atoms with van der Waals surface area (Å²) in [7, 11) is 1.94. The van der Waals surface area contributed by atoms with Gasteiger partial charge in [0, 0.05) is 6.54 Å². The van der Waals surface area contributed by atoms with Crippen molar-refractivity contribution < 1.29 is 0 Å². The molecule has 0 saturated carbocycles. The van der Waals surface area contributed by atoms with Crippen molar-refractivity contribution >= 4 is 0 Å². The largest absolute Gasteiger partial charge is 0.347 e. The van der Waals surface area contributed by atoms with Crippen LogP contribution in [0.15, 0.2) is 6.33 Å². The molecular formula is C9H17N3. The Morgan fingerprint density at radius 1 is 1.58 bits per heavy atom. The molecule has 0 amide bonds. The maximum absolute atomic E-state index is 4.28. The van der Waals surface area contributed by atoms with E-state index in [0.29, 0.717) is 5.92 Å². The average Bonchev–Trinajstić information content (AvgIpc) is 2.37. The van der Waals surface area contributed by atoms with Crippen LogP contribution in [0.25, 0.3) is 0 Å². The lowest BCUT2D eigenvalue weighted by Crippen LogP contribution is -2.08. The summed E-state index contributed by atoms with van der Waals surface area (Å²) < 4.78 is 0. The summed E-state index contributed by atoms with van der Waals surface area (Å²) in [6, 6.07) is 0. The van der Waals surface area contributed by atoms with Crippen LogP contribution in [0.3, 0.4) is 0 Å². The van der Waals surface area contributed by atoms with E-state index < -0.39 is 0 Å². The van der Waals surface area contributed by atoms with Crippen LogP contribution < -0.4 is 5.32 Å². The van der Waals surface area contributed by atoms with Crippen LogP contribution in [0.4, 0.5) is 0 Å². The second-order valence-corrected chi connectivity index (χ2v) is 3.46. The lowest BCUT2D eigenvalue weighted by molar-refractivity contribution is 0.628. The fourth-order valence-corrected chi connectivity index (χ4v) is 1.24. The topological polar surface area (TPSA) is 40.7 Å². The van der Waals surface area contributed by atoms with Gasteiger partial charge in [-0.3, -0.25) is 0 Å². The Hall–Kier alpha value is -0.830. The van der Waals surface area contributed by atoms with Gasteiger partial charge in [0.2, 0.25) is 0 Å². The molecule has 1 rings (SSSR count). The molecule has 2 N–H and O–H groups in total. The minimum atomic E-state index is 0.670. The third-order valence-electron chi connectivity index (χ3n) is 1.76. The van der Waals surface area contributed by atoms with E-state index in [0.717, 1.165) is 13.0 Å². The SMILES string of the molecule is CNCc1[nH]cnc1CC(C)C. The third kappa shape index (κ3) is 2.34. The Labute approximate surface area is 73.6 Å². The summed E-state index contributed by atoms with van der Waals surface area (Å²) in [5.74, 6) is 0.670. The minimum Gasteiger partial charge on any atom is -0.347 e. The van der Waals surface area contributed by atoms with Crippen LogP contribution in [0.1, 0.15) is 25.2 Å². The summed E-state index contributed by atoms with van der Waals surface area (Å²) in [6.45, 7) is 5.29. The summed E-state index contributed by atoms with van der Waals surface area (Å²) >= 11 is 0. The molecule has 1 heterocycles. The Morgan fingerprint density at radius 3 is 2.92 bits per heavy atom. The highest BCUT2D eigenvalue weighted by atomic mass is 14.9. The quantitative estimate of drug-likeness (QED) is 0.710. The molecule has 3 heteroatoms. The van der Waals surface area contributed by atoms with Crippen molar-refractivity contribution in [1.29, 1.82) is 0 Å². The first-order chi connectivity index (χ1) is 5.74. The monoisotopic (exact) mass is 167 g/mol. The highest BCUT2D eigenvalue weighted by Gasteiger charge is 2.05. The van der Waals surface area contributed by atoms with E-state index in [2.05, 4.69) is 29.1 Å². The van der Waals surface area contributed by atoms with Crippen molar-refractivity contribution in [3.8, 4) is 0 Å². The van der Waals surface area contributed by atoms with Crippen LogP contribution in [-0.4, -0.2) is 17.0 Å². The van der Waals surface area contributed by atoms with Crippen molar-refractivity contribution in [3.05, 3.63) is 17.7 Å². The normalized spacial score (nSPS) is 11.0. The maximum atomic E-state index is 4.28. The Bertz CT molecular complexity index is 227. The van der Waals surface area contributed by atoms with Crippen LogP contribution in [0, 0.1) is 5.92 Å². The van der Waals surface area contributed by atoms with E-state index in [9.17, 15) is 0 Å². The van der Waals surface area contributed by atoms with Gasteiger partial charge in [0.1, 0.15) is 0 Å². The number of aromatic amines is 1. The molecule has 68 valence electrons. The number of nitrogens with zero attached hydrogens (tertiary/aromatic N) is 1. The minimum absolute atomic E-state index is 0.670. The molecule has 0 fully saturated rings. The number of imidazole rings is 1. The number of hydrogen-bond donors (Lipinski definition) is 2. The number of hydrogen-bond acceptors (Lipinski definition) is 2. The van der Waals surface area contributed by atoms with Gasteiger partial charge in [-0.25, -0.2) is 4.98 Å². The first kappa shape index (κ1) is 9.26. The highest BCUT2D eigenvalue weighted by Crippen LogP contribution is 2.08. The number of rotatable bonds is 4. The van der Waals surface area contributed by atoms with Crippen molar-refractivity contribution in [3.63, 3.8) is 0 Å². The molecule has 1 aromatic rings. The Morgan fingerprint density at radius 2 is 2.33 bits per heavy atom. The number of nitrogens with one attached hydrogen (secondary N) is 2. The van der Waals surface area contributed by atoms with Crippen molar-refractivity contribution in [1.82, 2.24) is 15.3 Å². The molecule has 0 unspecified atom stereocenters. The lowest BCUT2D eigenvalue weighted by atomic mass is 10.1. The molecule has 0 radical (unpaired) electrons. The second-order valence-electron chi connectivity index (χ2n) is 3.46. The average molecular weight is 167 g/mol. The molecule has 0 aromatic carbocycles. The van der Waals surface area contributed by atoms with Gasteiger partial charge in [-0.15, -0.1) is 0 Å². The molecule has 0 aliphatic heterocycles. The molecule has 12 heavy (non-hydrogen) atoms. The first-order valence-electron chi connectivity index (χ1n) is 4.39. The van der Waals surface area contributed by atoms with Crippen molar-refractivity contribution in [2.75, 3.05) is 7.05 Å². The van der Waals surface area contributed by atoms with Gasteiger partial charge in [-0.1, -0.05) is 13.8 Å². The Balaban J connectivity index is 2.63. The van der Waals surface area contributed by atoms with Gasteiger partial charge < -0.3 is 10.3 Å². The molecule has 0 bridgehead atoms. The summed E-state index contributed by atoms with van der Waals surface area (Å²) in [5.41, 5.74) is 2.41. The zero-order valence-corrected chi connectivity index (χ0v) is 8.02. The van der Waals surface area contributed by atoms with E-state index in [1.54, 1.807) is 6.33 Å². The van der Waals surface area contributed by atoms with Crippen LogP contribution in [-0.2, 0) is 13.0 Å². The lowest BCUT2D eigenvalue weighted by Gasteiger charge is -2.04. The zero-order valence-electron chi connectivity index (χ0n) is 8.02. The van der Waals surface area contributed by atoms with E-state index in [1.807, 2.05) is 7.05 Å². The van der Waals surface area contributed by atoms with Gasteiger partial charge in [0.25, 0.3) is 0 Å². The molecule has 0 saturated heterocycles. The molecule has 0 spiro atoms. The first-order valence-corrected chi connectivity index (χ1v) is 4.39. The fraction of sp³-hybridized carbons (Fsp3) is 0.667. The molecule has 0 aliphatic rings. The molecule has 1 aromatic heterocycles. The van der Waals surface area contributed by atoms with Crippen LogP contribution in [0.2, 0.25) is 0 Å². The summed E-state index contributed by atoms with van der Waals surface area (Å²) in [6.07, 6.45) is 2.82. The van der Waals surface area contributed by atoms with Gasteiger partial charge >= 0.3 is 0 Å². The van der Waals surface area contributed by atoms with Crippen molar-refractivity contribution in [2.24, 2.45) is 5.92 Å². The molecular weight excluding hydrogens is 150 g/mol. The van der Waals surface area contributed by atoms with E-state index >= 15 is 0 Å². The molecule has 0 aliphatic carbocycles. The Kier molecular flexibility index (Phi) is 3.29. The predicted molar refractivity (Wildman–Crippen MR) is 49.9 cm³/mol. The van der Waals surface area contributed by atoms with Gasteiger partial charge in [-0.2, -0.15) is 0 Å². The molecule has 0 atom stereocenters.